The number of carbonyl (C=O) groups is 1. The smallest absolute Gasteiger partial charge is 0.224 e. The van der Waals surface area contributed by atoms with E-state index in [1.807, 2.05) is 6.07 Å². The molecule has 2 rings (SSSR count). The van der Waals surface area contributed by atoms with Crippen molar-refractivity contribution in [3.8, 4) is 0 Å². The number of hydrogen-bond acceptors (Lipinski definition) is 2. The summed E-state index contributed by atoms with van der Waals surface area (Å²) in [5, 5.41) is 6.41. The fourth-order valence-electron chi connectivity index (χ4n) is 3.06. The van der Waals surface area contributed by atoms with Gasteiger partial charge in [-0.05, 0) is 37.3 Å². The standard InChI is InChI=1S/C17H26N2O.ClH/c1-13(19-16(20)14-9-10-18-12-14)11-17(2,3)15-7-5-4-6-8-15;/h4-8,13-14,18H,9-12H2,1-3H3,(H,19,20);1H. The summed E-state index contributed by atoms with van der Waals surface area (Å²) >= 11 is 0. The van der Waals surface area contributed by atoms with Crippen LogP contribution in [0.3, 0.4) is 0 Å². The molecule has 1 aromatic rings. The highest BCUT2D eigenvalue weighted by Gasteiger charge is 2.27. The SMILES string of the molecule is CC(CC(C)(C)c1ccccc1)NC(=O)C1CCNC1.Cl. The third-order valence-electron chi connectivity index (χ3n) is 4.19. The van der Waals surface area contributed by atoms with E-state index in [9.17, 15) is 4.79 Å². The first-order chi connectivity index (χ1) is 9.49. The van der Waals surface area contributed by atoms with E-state index in [4.69, 9.17) is 0 Å². The molecular formula is C17H27ClN2O. The van der Waals surface area contributed by atoms with E-state index in [0.29, 0.717) is 0 Å². The van der Waals surface area contributed by atoms with Crippen molar-refractivity contribution in [3.05, 3.63) is 35.9 Å². The van der Waals surface area contributed by atoms with Crippen molar-refractivity contribution in [1.82, 2.24) is 10.6 Å². The first-order valence-corrected chi connectivity index (χ1v) is 7.55. The number of rotatable bonds is 5. The topological polar surface area (TPSA) is 41.1 Å². The molecule has 1 fully saturated rings. The molecule has 1 aromatic carbocycles. The van der Waals surface area contributed by atoms with Gasteiger partial charge < -0.3 is 10.6 Å². The molecule has 2 unspecified atom stereocenters. The number of halogens is 1. The van der Waals surface area contributed by atoms with Crippen LogP contribution in [0.2, 0.25) is 0 Å². The van der Waals surface area contributed by atoms with Crippen LogP contribution in [0.15, 0.2) is 30.3 Å². The van der Waals surface area contributed by atoms with Crippen molar-refractivity contribution in [3.63, 3.8) is 0 Å². The van der Waals surface area contributed by atoms with Gasteiger partial charge in [0.05, 0.1) is 5.92 Å². The molecular weight excluding hydrogens is 284 g/mol. The quantitative estimate of drug-likeness (QED) is 0.878. The summed E-state index contributed by atoms with van der Waals surface area (Å²) in [6.45, 7) is 8.36. The zero-order valence-electron chi connectivity index (χ0n) is 13.2. The first kappa shape index (κ1) is 18.0. The van der Waals surface area contributed by atoms with Gasteiger partial charge in [-0.2, -0.15) is 0 Å². The average Bonchev–Trinajstić information content (AvgIpc) is 2.93. The van der Waals surface area contributed by atoms with Gasteiger partial charge >= 0.3 is 0 Å². The molecule has 1 heterocycles. The van der Waals surface area contributed by atoms with Crippen LogP contribution in [-0.2, 0) is 10.2 Å². The van der Waals surface area contributed by atoms with Crippen LogP contribution in [-0.4, -0.2) is 25.0 Å². The van der Waals surface area contributed by atoms with E-state index in [0.717, 1.165) is 25.9 Å². The Morgan fingerprint density at radius 1 is 1.38 bits per heavy atom. The van der Waals surface area contributed by atoms with Gasteiger partial charge in [0.1, 0.15) is 0 Å². The summed E-state index contributed by atoms with van der Waals surface area (Å²) in [7, 11) is 0. The Morgan fingerprint density at radius 3 is 2.62 bits per heavy atom. The predicted octanol–water partition coefficient (Wildman–Crippen LogP) is 2.89. The Labute approximate surface area is 134 Å². The molecule has 21 heavy (non-hydrogen) atoms. The van der Waals surface area contributed by atoms with Crippen LogP contribution in [0.4, 0.5) is 0 Å². The Morgan fingerprint density at radius 2 is 2.05 bits per heavy atom. The van der Waals surface area contributed by atoms with E-state index in [-0.39, 0.29) is 35.7 Å². The molecule has 1 saturated heterocycles. The van der Waals surface area contributed by atoms with Gasteiger partial charge in [0.2, 0.25) is 5.91 Å². The van der Waals surface area contributed by atoms with Crippen LogP contribution in [0.1, 0.15) is 39.2 Å². The molecule has 1 aliphatic rings. The lowest BCUT2D eigenvalue weighted by molar-refractivity contribution is -0.125. The summed E-state index contributed by atoms with van der Waals surface area (Å²) in [5.74, 6) is 0.351. The molecule has 2 atom stereocenters. The Kier molecular flexibility index (Phi) is 6.69. The van der Waals surface area contributed by atoms with Crippen molar-refractivity contribution in [2.45, 2.75) is 45.1 Å². The van der Waals surface area contributed by atoms with Gasteiger partial charge in [0, 0.05) is 12.6 Å². The summed E-state index contributed by atoms with van der Waals surface area (Å²) < 4.78 is 0. The molecule has 3 nitrogen and oxygen atoms in total. The van der Waals surface area contributed by atoms with Crippen LogP contribution >= 0.6 is 12.4 Å². The molecule has 0 spiro atoms. The summed E-state index contributed by atoms with van der Waals surface area (Å²) in [6, 6.07) is 10.7. The second-order valence-electron chi connectivity index (χ2n) is 6.55. The number of carbonyl (C=O) groups excluding carboxylic acids is 1. The molecule has 0 bridgehead atoms. The van der Waals surface area contributed by atoms with E-state index in [1.54, 1.807) is 0 Å². The Hall–Kier alpha value is -1.06. The summed E-state index contributed by atoms with van der Waals surface area (Å²) in [5.41, 5.74) is 1.39. The zero-order valence-corrected chi connectivity index (χ0v) is 14.0. The molecule has 118 valence electrons. The van der Waals surface area contributed by atoms with Crippen molar-refractivity contribution >= 4 is 18.3 Å². The van der Waals surface area contributed by atoms with Crippen molar-refractivity contribution in [2.24, 2.45) is 5.92 Å². The molecule has 1 amide bonds. The predicted molar refractivity (Wildman–Crippen MR) is 89.9 cm³/mol. The van der Waals surface area contributed by atoms with E-state index < -0.39 is 0 Å². The highest BCUT2D eigenvalue weighted by Crippen LogP contribution is 2.28. The van der Waals surface area contributed by atoms with E-state index in [2.05, 4.69) is 55.7 Å². The number of nitrogens with one attached hydrogen (secondary N) is 2. The lowest BCUT2D eigenvalue weighted by Crippen LogP contribution is -2.41. The zero-order chi connectivity index (χ0) is 14.6. The monoisotopic (exact) mass is 310 g/mol. The number of hydrogen-bond donors (Lipinski definition) is 2. The molecule has 1 aliphatic heterocycles. The van der Waals surface area contributed by atoms with Crippen molar-refractivity contribution < 1.29 is 4.79 Å². The second kappa shape index (κ2) is 7.81. The lowest BCUT2D eigenvalue weighted by atomic mass is 9.79. The fraction of sp³-hybridized carbons (Fsp3) is 0.588. The maximum Gasteiger partial charge on any atom is 0.224 e. The number of amides is 1. The summed E-state index contributed by atoms with van der Waals surface area (Å²) in [6.07, 6.45) is 1.91. The van der Waals surface area contributed by atoms with E-state index in [1.165, 1.54) is 5.56 Å². The lowest BCUT2D eigenvalue weighted by Gasteiger charge is -2.29. The van der Waals surface area contributed by atoms with Crippen molar-refractivity contribution in [1.29, 1.82) is 0 Å². The van der Waals surface area contributed by atoms with Gasteiger partial charge in [0.15, 0.2) is 0 Å². The maximum absolute atomic E-state index is 12.1. The molecule has 0 radical (unpaired) electrons. The minimum absolute atomic E-state index is 0. The third-order valence-corrected chi connectivity index (χ3v) is 4.19. The van der Waals surface area contributed by atoms with Gasteiger partial charge in [-0.15, -0.1) is 12.4 Å². The second-order valence-corrected chi connectivity index (χ2v) is 6.55. The Bertz CT molecular complexity index is 441. The van der Waals surface area contributed by atoms with Gasteiger partial charge in [-0.3, -0.25) is 4.79 Å². The van der Waals surface area contributed by atoms with Gasteiger partial charge in [-0.1, -0.05) is 44.2 Å². The average molecular weight is 311 g/mol. The summed E-state index contributed by atoms with van der Waals surface area (Å²) in [4.78, 5) is 12.1. The fourth-order valence-corrected chi connectivity index (χ4v) is 3.06. The normalized spacial score (nSPS) is 19.7. The van der Waals surface area contributed by atoms with Gasteiger partial charge in [0.25, 0.3) is 0 Å². The van der Waals surface area contributed by atoms with Crippen LogP contribution < -0.4 is 10.6 Å². The third kappa shape index (κ3) is 5.01. The van der Waals surface area contributed by atoms with Gasteiger partial charge in [-0.25, -0.2) is 0 Å². The Balaban J connectivity index is 0.00000220. The van der Waals surface area contributed by atoms with Crippen LogP contribution in [0.25, 0.3) is 0 Å². The number of benzene rings is 1. The molecule has 2 N–H and O–H groups in total. The molecule has 0 aromatic heterocycles. The maximum atomic E-state index is 12.1. The molecule has 0 aliphatic carbocycles. The van der Waals surface area contributed by atoms with Crippen LogP contribution in [0, 0.1) is 5.92 Å². The minimum atomic E-state index is 0. The highest BCUT2D eigenvalue weighted by molar-refractivity contribution is 5.85. The first-order valence-electron chi connectivity index (χ1n) is 7.55. The molecule has 4 heteroatoms. The van der Waals surface area contributed by atoms with E-state index >= 15 is 0 Å². The van der Waals surface area contributed by atoms with Crippen LogP contribution in [0.5, 0.6) is 0 Å². The minimum Gasteiger partial charge on any atom is -0.353 e. The largest absolute Gasteiger partial charge is 0.353 e. The highest BCUT2D eigenvalue weighted by atomic mass is 35.5. The van der Waals surface area contributed by atoms with Crippen molar-refractivity contribution in [2.75, 3.05) is 13.1 Å². The molecule has 0 saturated carbocycles.